The van der Waals surface area contributed by atoms with Crippen LogP contribution in [0.3, 0.4) is 0 Å². The van der Waals surface area contributed by atoms with Crippen LogP contribution in [0.25, 0.3) is 0 Å². The van der Waals surface area contributed by atoms with Gasteiger partial charge in [0.05, 0.1) is 17.9 Å². The third-order valence-electron chi connectivity index (χ3n) is 2.57. The minimum atomic E-state index is -0.405. The molecule has 0 saturated heterocycles. The molecule has 2 amide bonds. The van der Waals surface area contributed by atoms with Crippen molar-refractivity contribution in [3.63, 3.8) is 0 Å². The number of methoxy groups -OCH3 is 1. The molecule has 0 aliphatic heterocycles. The van der Waals surface area contributed by atoms with Crippen molar-refractivity contribution in [2.75, 3.05) is 39.1 Å². The highest BCUT2D eigenvalue weighted by atomic mass is 35.5. The van der Waals surface area contributed by atoms with Crippen LogP contribution < -0.4 is 16.4 Å². The van der Waals surface area contributed by atoms with Crippen LogP contribution in [-0.2, 0) is 9.53 Å². The lowest BCUT2D eigenvalue weighted by atomic mass is 10.2. The summed E-state index contributed by atoms with van der Waals surface area (Å²) in [7, 11) is 1.64. The standard InChI is InChI=1S/C14H21N3O3S.ClH/c1-20-9-8-16-6-7-17-14(19)11-4-2-3-5-12(11)21-10-13(15)18;/h2-5,16H,6-10H2,1H3,(H2,15,18)(H,17,19);1H. The fraction of sp³-hybridized carbons (Fsp3) is 0.429. The number of carbonyl (C=O) groups excluding carboxylic acids is 2. The van der Waals surface area contributed by atoms with Crippen LogP contribution in [0, 0.1) is 0 Å². The molecule has 1 aromatic rings. The molecule has 0 heterocycles. The number of carbonyl (C=O) groups is 2. The highest BCUT2D eigenvalue weighted by molar-refractivity contribution is 8.00. The maximum Gasteiger partial charge on any atom is 0.252 e. The summed E-state index contributed by atoms with van der Waals surface area (Å²) in [5.74, 6) is -0.406. The SMILES string of the molecule is COCCNCCNC(=O)c1ccccc1SCC(N)=O.Cl. The number of rotatable bonds is 10. The first-order chi connectivity index (χ1) is 10.1. The predicted molar refractivity (Wildman–Crippen MR) is 90.7 cm³/mol. The van der Waals surface area contributed by atoms with Crippen LogP contribution in [0.15, 0.2) is 29.2 Å². The number of hydrogen-bond acceptors (Lipinski definition) is 5. The smallest absolute Gasteiger partial charge is 0.252 e. The maximum absolute atomic E-state index is 12.1. The summed E-state index contributed by atoms with van der Waals surface area (Å²) in [4.78, 5) is 23.7. The van der Waals surface area contributed by atoms with Gasteiger partial charge in [0.25, 0.3) is 5.91 Å². The first kappa shape index (κ1) is 20.7. The summed E-state index contributed by atoms with van der Waals surface area (Å²) >= 11 is 1.27. The van der Waals surface area contributed by atoms with E-state index in [-0.39, 0.29) is 24.1 Å². The zero-order valence-electron chi connectivity index (χ0n) is 12.5. The second-order valence-corrected chi connectivity index (χ2v) is 5.27. The summed E-state index contributed by atoms with van der Waals surface area (Å²) in [5, 5.41) is 5.97. The van der Waals surface area contributed by atoms with E-state index >= 15 is 0 Å². The molecule has 1 aromatic carbocycles. The minimum Gasteiger partial charge on any atom is -0.383 e. The molecule has 0 radical (unpaired) electrons. The van der Waals surface area contributed by atoms with Gasteiger partial charge in [-0.3, -0.25) is 9.59 Å². The van der Waals surface area contributed by atoms with E-state index in [1.165, 1.54) is 11.8 Å². The summed E-state index contributed by atoms with van der Waals surface area (Å²) in [6.45, 7) is 2.58. The van der Waals surface area contributed by atoms with Gasteiger partial charge in [-0.2, -0.15) is 0 Å². The summed E-state index contributed by atoms with van der Waals surface area (Å²) < 4.78 is 4.91. The molecule has 0 aliphatic carbocycles. The van der Waals surface area contributed by atoms with Gasteiger partial charge in [-0.05, 0) is 12.1 Å². The largest absolute Gasteiger partial charge is 0.383 e. The third-order valence-corrected chi connectivity index (χ3v) is 3.67. The Bertz CT molecular complexity index is 474. The fourth-order valence-electron chi connectivity index (χ4n) is 1.59. The zero-order chi connectivity index (χ0) is 15.5. The van der Waals surface area contributed by atoms with Crippen molar-refractivity contribution in [2.24, 2.45) is 5.73 Å². The van der Waals surface area contributed by atoms with Crippen molar-refractivity contribution in [3.05, 3.63) is 29.8 Å². The molecule has 22 heavy (non-hydrogen) atoms. The number of halogens is 1. The van der Waals surface area contributed by atoms with Crippen molar-refractivity contribution in [1.29, 1.82) is 0 Å². The fourth-order valence-corrected chi connectivity index (χ4v) is 2.38. The molecule has 0 atom stereocenters. The highest BCUT2D eigenvalue weighted by Crippen LogP contribution is 2.22. The first-order valence-corrected chi connectivity index (χ1v) is 7.61. The van der Waals surface area contributed by atoms with Crippen LogP contribution in [0.1, 0.15) is 10.4 Å². The molecular weight excluding hydrogens is 326 g/mol. The summed E-state index contributed by atoms with van der Waals surface area (Å²) in [6, 6.07) is 7.16. The van der Waals surface area contributed by atoms with Gasteiger partial charge >= 0.3 is 0 Å². The molecule has 0 saturated carbocycles. The number of nitrogens with two attached hydrogens (primary N) is 1. The molecule has 6 nitrogen and oxygen atoms in total. The molecule has 1 rings (SSSR count). The van der Waals surface area contributed by atoms with Crippen molar-refractivity contribution < 1.29 is 14.3 Å². The van der Waals surface area contributed by atoms with Crippen molar-refractivity contribution in [2.45, 2.75) is 4.90 Å². The van der Waals surface area contributed by atoms with E-state index in [0.717, 1.165) is 11.4 Å². The molecule has 124 valence electrons. The van der Waals surface area contributed by atoms with Crippen molar-refractivity contribution in [3.8, 4) is 0 Å². The lowest BCUT2D eigenvalue weighted by Crippen LogP contribution is -2.33. The normalized spacial score (nSPS) is 9.86. The molecule has 0 aliphatic rings. The van der Waals surface area contributed by atoms with Crippen LogP contribution >= 0.6 is 24.2 Å². The monoisotopic (exact) mass is 347 g/mol. The highest BCUT2D eigenvalue weighted by Gasteiger charge is 2.11. The Morgan fingerprint density at radius 2 is 1.95 bits per heavy atom. The Balaban J connectivity index is 0.00000441. The van der Waals surface area contributed by atoms with Gasteiger partial charge in [0, 0.05) is 31.6 Å². The van der Waals surface area contributed by atoms with E-state index in [1.807, 2.05) is 6.07 Å². The van der Waals surface area contributed by atoms with Crippen molar-refractivity contribution in [1.82, 2.24) is 10.6 Å². The molecule has 0 unspecified atom stereocenters. The average molecular weight is 348 g/mol. The maximum atomic E-state index is 12.1. The predicted octanol–water partition coefficient (Wildman–Crippen LogP) is 0.652. The average Bonchev–Trinajstić information content (AvgIpc) is 2.48. The summed E-state index contributed by atoms with van der Waals surface area (Å²) in [5.41, 5.74) is 5.68. The first-order valence-electron chi connectivity index (χ1n) is 6.63. The van der Waals surface area contributed by atoms with E-state index in [1.54, 1.807) is 25.3 Å². The van der Waals surface area contributed by atoms with E-state index in [4.69, 9.17) is 10.5 Å². The second-order valence-electron chi connectivity index (χ2n) is 4.25. The van der Waals surface area contributed by atoms with E-state index in [2.05, 4.69) is 10.6 Å². The van der Waals surface area contributed by atoms with E-state index < -0.39 is 5.91 Å². The Morgan fingerprint density at radius 1 is 1.23 bits per heavy atom. The lowest BCUT2D eigenvalue weighted by Gasteiger charge is -2.10. The Morgan fingerprint density at radius 3 is 2.64 bits per heavy atom. The van der Waals surface area contributed by atoms with Gasteiger partial charge in [0.2, 0.25) is 5.91 Å². The Kier molecular flexibility index (Phi) is 11.6. The minimum absolute atomic E-state index is 0. The topological polar surface area (TPSA) is 93.4 Å². The molecular formula is C14H22ClN3O3S. The number of nitrogens with one attached hydrogen (secondary N) is 2. The van der Waals surface area contributed by atoms with Crippen molar-refractivity contribution >= 4 is 36.0 Å². The number of ether oxygens (including phenoxy) is 1. The van der Waals surface area contributed by atoms with Gasteiger partial charge in [-0.1, -0.05) is 12.1 Å². The molecule has 0 bridgehead atoms. The Hall–Kier alpha value is -1.28. The molecule has 8 heteroatoms. The number of hydrogen-bond donors (Lipinski definition) is 3. The Labute approximate surface area is 141 Å². The molecule has 0 fully saturated rings. The molecule has 0 spiro atoms. The van der Waals surface area contributed by atoms with Crippen LogP contribution in [-0.4, -0.2) is 50.9 Å². The summed E-state index contributed by atoms with van der Waals surface area (Å²) in [6.07, 6.45) is 0. The zero-order valence-corrected chi connectivity index (χ0v) is 14.1. The van der Waals surface area contributed by atoms with Crippen LogP contribution in [0.2, 0.25) is 0 Å². The van der Waals surface area contributed by atoms with Crippen LogP contribution in [0.4, 0.5) is 0 Å². The van der Waals surface area contributed by atoms with Crippen LogP contribution in [0.5, 0.6) is 0 Å². The molecule has 4 N–H and O–H groups in total. The molecule has 0 aromatic heterocycles. The number of amides is 2. The van der Waals surface area contributed by atoms with Gasteiger partial charge in [0.15, 0.2) is 0 Å². The number of primary amides is 1. The van der Waals surface area contributed by atoms with E-state index in [0.29, 0.717) is 25.3 Å². The van der Waals surface area contributed by atoms with Gasteiger partial charge in [-0.15, -0.1) is 24.2 Å². The number of benzene rings is 1. The van der Waals surface area contributed by atoms with E-state index in [9.17, 15) is 9.59 Å². The third kappa shape index (κ3) is 8.23. The lowest BCUT2D eigenvalue weighted by molar-refractivity contribution is -0.115. The number of thioether (sulfide) groups is 1. The van der Waals surface area contributed by atoms with Gasteiger partial charge < -0.3 is 21.1 Å². The van der Waals surface area contributed by atoms with Gasteiger partial charge in [-0.25, -0.2) is 0 Å². The second kappa shape index (κ2) is 12.3. The quantitative estimate of drug-likeness (QED) is 0.427. The van der Waals surface area contributed by atoms with Gasteiger partial charge in [0.1, 0.15) is 0 Å².